The highest BCUT2D eigenvalue weighted by Crippen LogP contribution is 2.20. The van der Waals surface area contributed by atoms with Crippen molar-refractivity contribution in [3.63, 3.8) is 0 Å². The summed E-state index contributed by atoms with van der Waals surface area (Å²) in [6.07, 6.45) is 1.12. The summed E-state index contributed by atoms with van der Waals surface area (Å²) in [4.78, 5) is 12.1. The van der Waals surface area contributed by atoms with E-state index in [1.807, 2.05) is 36.4 Å². The van der Waals surface area contributed by atoms with Gasteiger partial charge in [-0.1, -0.05) is 26.0 Å². The van der Waals surface area contributed by atoms with E-state index in [4.69, 9.17) is 0 Å². The van der Waals surface area contributed by atoms with E-state index in [0.717, 1.165) is 15.7 Å². The fraction of sp³-hybridized carbons (Fsp3) is 0.235. The summed E-state index contributed by atoms with van der Waals surface area (Å²) in [5, 5.41) is 2.92. The van der Waals surface area contributed by atoms with E-state index in [0.29, 0.717) is 11.5 Å². The summed E-state index contributed by atoms with van der Waals surface area (Å²) < 4.78 is 1.12. The zero-order valence-electron chi connectivity index (χ0n) is 11.7. The van der Waals surface area contributed by atoms with Gasteiger partial charge in [-0.25, -0.2) is 0 Å². The molecule has 0 bridgehead atoms. The van der Waals surface area contributed by atoms with Crippen LogP contribution in [0, 0.1) is 3.57 Å². The molecule has 104 valence electrons. The van der Waals surface area contributed by atoms with E-state index < -0.39 is 0 Å². The standard InChI is InChI=1S/C17H18INO/c1-3-12(2)13-6-10-16(11-7-13)19-17(20)14-4-8-15(18)9-5-14/h4-12H,3H2,1-2H3,(H,19,20). The van der Waals surface area contributed by atoms with Gasteiger partial charge in [0.1, 0.15) is 0 Å². The lowest BCUT2D eigenvalue weighted by Gasteiger charge is -2.10. The molecule has 2 aromatic rings. The average Bonchev–Trinajstić information content (AvgIpc) is 2.48. The van der Waals surface area contributed by atoms with Crippen LogP contribution >= 0.6 is 22.6 Å². The molecule has 1 amide bonds. The molecule has 0 heterocycles. The Hall–Kier alpha value is -1.36. The molecule has 0 aliphatic rings. The van der Waals surface area contributed by atoms with Crippen LogP contribution < -0.4 is 5.32 Å². The molecule has 0 spiro atoms. The molecule has 1 unspecified atom stereocenters. The maximum atomic E-state index is 12.1. The van der Waals surface area contributed by atoms with Gasteiger partial charge in [0.05, 0.1) is 0 Å². The largest absolute Gasteiger partial charge is 0.322 e. The zero-order valence-corrected chi connectivity index (χ0v) is 13.8. The number of rotatable bonds is 4. The van der Waals surface area contributed by atoms with Crippen LogP contribution in [-0.4, -0.2) is 5.91 Å². The molecule has 0 saturated carbocycles. The lowest BCUT2D eigenvalue weighted by atomic mass is 9.98. The van der Waals surface area contributed by atoms with Crippen molar-refractivity contribution >= 4 is 34.2 Å². The molecule has 0 saturated heterocycles. The lowest BCUT2D eigenvalue weighted by molar-refractivity contribution is 0.102. The van der Waals surface area contributed by atoms with Gasteiger partial charge in [0.25, 0.3) is 5.91 Å². The number of halogens is 1. The predicted molar refractivity (Wildman–Crippen MR) is 92.3 cm³/mol. The number of amides is 1. The van der Waals surface area contributed by atoms with Gasteiger partial charge in [0, 0.05) is 14.8 Å². The van der Waals surface area contributed by atoms with Crippen LogP contribution in [0.15, 0.2) is 48.5 Å². The van der Waals surface area contributed by atoms with Gasteiger partial charge in [0.15, 0.2) is 0 Å². The van der Waals surface area contributed by atoms with Gasteiger partial charge in [-0.15, -0.1) is 0 Å². The van der Waals surface area contributed by atoms with Crippen molar-refractivity contribution in [1.29, 1.82) is 0 Å². The molecule has 0 radical (unpaired) electrons. The Labute approximate surface area is 133 Å². The van der Waals surface area contributed by atoms with Crippen molar-refractivity contribution in [3.05, 3.63) is 63.2 Å². The lowest BCUT2D eigenvalue weighted by Crippen LogP contribution is -2.11. The first-order chi connectivity index (χ1) is 9.60. The van der Waals surface area contributed by atoms with Crippen LogP contribution in [0.25, 0.3) is 0 Å². The zero-order chi connectivity index (χ0) is 14.5. The smallest absolute Gasteiger partial charge is 0.255 e. The van der Waals surface area contributed by atoms with Crippen molar-refractivity contribution in [2.45, 2.75) is 26.2 Å². The topological polar surface area (TPSA) is 29.1 Å². The Morgan fingerprint density at radius 1 is 1.10 bits per heavy atom. The molecule has 0 fully saturated rings. The fourth-order valence-electron chi connectivity index (χ4n) is 1.94. The van der Waals surface area contributed by atoms with Gasteiger partial charge >= 0.3 is 0 Å². The first-order valence-corrected chi connectivity index (χ1v) is 7.85. The summed E-state index contributed by atoms with van der Waals surface area (Å²) in [6.45, 7) is 4.39. The number of benzene rings is 2. The van der Waals surface area contributed by atoms with Crippen LogP contribution in [0.4, 0.5) is 5.69 Å². The van der Waals surface area contributed by atoms with Crippen LogP contribution in [-0.2, 0) is 0 Å². The molecule has 1 N–H and O–H groups in total. The van der Waals surface area contributed by atoms with E-state index in [9.17, 15) is 4.79 Å². The minimum Gasteiger partial charge on any atom is -0.322 e. The molecule has 0 aliphatic carbocycles. The summed E-state index contributed by atoms with van der Waals surface area (Å²) in [6, 6.07) is 15.6. The highest BCUT2D eigenvalue weighted by Gasteiger charge is 2.07. The van der Waals surface area contributed by atoms with E-state index >= 15 is 0 Å². The van der Waals surface area contributed by atoms with Crippen LogP contribution in [0.2, 0.25) is 0 Å². The molecule has 2 nitrogen and oxygen atoms in total. The minimum atomic E-state index is -0.0716. The van der Waals surface area contributed by atoms with Crippen molar-refractivity contribution in [2.24, 2.45) is 0 Å². The number of hydrogen-bond donors (Lipinski definition) is 1. The molecule has 0 aromatic heterocycles. The quantitative estimate of drug-likeness (QED) is 0.740. The molecule has 1 atom stereocenters. The Bertz CT molecular complexity index is 575. The molecule has 0 aliphatic heterocycles. The summed E-state index contributed by atoms with van der Waals surface area (Å²) in [5.74, 6) is 0.480. The Morgan fingerprint density at radius 3 is 2.25 bits per heavy atom. The van der Waals surface area contributed by atoms with Crippen molar-refractivity contribution < 1.29 is 4.79 Å². The van der Waals surface area contributed by atoms with Crippen LogP contribution in [0.5, 0.6) is 0 Å². The summed E-state index contributed by atoms with van der Waals surface area (Å²) >= 11 is 2.23. The van der Waals surface area contributed by atoms with E-state index in [1.54, 1.807) is 0 Å². The first kappa shape index (κ1) is 15.0. The summed E-state index contributed by atoms with van der Waals surface area (Å²) in [5.41, 5.74) is 2.82. The highest BCUT2D eigenvalue weighted by atomic mass is 127. The Kier molecular flexibility index (Phi) is 5.17. The number of nitrogens with one attached hydrogen (secondary N) is 1. The first-order valence-electron chi connectivity index (χ1n) is 6.77. The third-order valence-corrected chi connectivity index (χ3v) is 4.18. The number of anilines is 1. The number of carbonyl (C=O) groups excluding carboxylic acids is 1. The molecular weight excluding hydrogens is 361 g/mol. The van der Waals surface area contributed by atoms with Gasteiger partial charge in [-0.2, -0.15) is 0 Å². The van der Waals surface area contributed by atoms with Gasteiger partial charge in [0.2, 0.25) is 0 Å². The second kappa shape index (κ2) is 6.88. The maximum absolute atomic E-state index is 12.1. The second-order valence-electron chi connectivity index (χ2n) is 4.89. The Balaban J connectivity index is 2.06. The average molecular weight is 379 g/mol. The monoisotopic (exact) mass is 379 g/mol. The van der Waals surface area contributed by atoms with Crippen molar-refractivity contribution in [1.82, 2.24) is 0 Å². The van der Waals surface area contributed by atoms with E-state index in [2.05, 4.69) is 53.9 Å². The fourth-order valence-corrected chi connectivity index (χ4v) is 2.29. The van der Waals surface area contributed by atoms with Crippen molar-refractivity contribution in [3.8, 4) is 0 Å². The van der Waals surface area contributed by atoms with Crippen molar-refractivity contribution in [2.75, 3.05) is 5.32 Å². The van der Waals surface area contributed by atoms with E-state index in [1.165, 1.54) is 5.56 Å². The highest BCUT2D eigenvalue weighted by molar-refractivity contribution is 14.1. The summed E-state index contributed by atoms with van der Waals surface area (Å²) in [7, 11) is 0. The SMILES string of the molecule is CCC(C)c1ccc(NC(=O)c2ccc(I)cc2)cc1. The molecular formula is C17H18INO. The number of carbonyl (C=O) groups is 1. The van der Waals surface area contributed by atoms with E-state index in [-0.39, 0.29) is 5.91 Å². The third kappa shape index (κ3) is 3.82. The van der Waals surface area contributed by atoms with Gasteiger partial charge < -0.3 is 5.32 Å². The molecule has 20 heavy (non-hydrogen) atoms. The second-order valence-corrected chi connectivity index (χ2v) is 6.14. The van der Waals surface area contributed by atoms with Crippen LogP contribution in [0.3, 0.4) is 0 Å². The molecule has 2 rings (SSSR count). The minimum absolute atomic E-state index is 0.0716. The molecule has 2 aromatic carbocycles. The normalized spacial score (nSPS) is 11.9. The predicted octanol–water partition coefficient (Wildman–Crippen LogP) is 5.06. The third-order valence-electron chi connectivity index (χ3n) is 3.46. The van der Waals surface area contributed by atoms with Gasteiger partial charge in [-0.3, -0.25) is 4.79 Å². The van der Waals surface area contributed by atoms with Gasteiger partial charge in [-0.05, 0) is 76.9 Å². The Morgan fingerprint density at radius 2 is 1.70 bits per heavy atom. The van der Waals surface area contributed by atoms with Crippen LogP contribution in [0.1, 0.15) is 42.1 Å². The number of hydrogen-bond acceptors (Lipinski definition) is 1. The molecule has 3 heteroatoms. The maximum Gasteiger partial charge on any atom is 0.255 e.